The van der Waals surface area contributed by atoms with Gasteiger partial charge in [0.25, 0.3) is 0 Å². The Morgan fingerprint density at radius 3 is 2.83 bits per heavy atom. The second kappa shape index (κ2) is 7.15. The molecule has 0 spiro atoms. The molecule has 0 aliphatic carbocycles. The third-order valence-electron chi connectivity index (χ3n) is 3.58. The number of rotatable bonds is 6. The molecule has 0 bridgehead atoms. The van der Waals surface area contributed by atoms with Crippen molar-refractivity contribution in [1.82, 2.24) is 9.47 Å². The van der Waals surface area contributed by atoms with E-state index in [1.54, 1.807) is 35.8 Å². The van der Waals surface area contributed by atoms with Gasteiger partial charge in [-0.15, -0.1) is 11.3 Å². The highest BCUT2D eigenvalue weighted by molar-refractivity contribution is 7.09. The van der Waals surface area contributed by atoms with Gasteiger partial charge in [-0.25, -0.2) is 0 Å². The Hall–Kier alpha value is -2.53. The highest BCUT2D eigenvalue weighted by atomic mass is 32.1. The van der Waals surface area contributed by atoms with E-state index in [2.05, 4.69) is 0 Å². The normalized spacial score (nSPS) is 11.2. The summed E-state index contributed by atoms with van der Waals surface area (Å²) in [5.41, 5.74) is 1.10. The molecule has 4 nitrogen and oxygen atoms in total. The highest BCUT2D eigenvalue weighted by Gasteiger charge is 2.14. The lowest BCUT2D eigenvalue weighted by Gasteiger charge is -2.21. The molecular formula is C18H18N2O2S. The molecule has 3 rings (SSSR count). The number of thiophene rings is 1. The first-order valence-corrected chi connectivity index (χ1v) is 8.23. The molecule has 5 heteroatoms. The molecule has 0 aliphatic heterocycles. The first-order chi connectivity index (χ1) is 11.2. The molecule has 3 aromatic rings. The fourth-order valence-corrected chi connectivity index (χ4v) is 3.02. The number of carbonyl (C=O) groups excluding carboxylic acids is 1. The second-order valence-corrected chi connectivity index (χ2v) is 6.27. The zero-order valence-corrected chi connectivity index (χ0v) is 13.7. The fraction of sp³-hybridized carbons (Fsp3) is 0.167. The molecule has 0 aliphatic rings. The predicted molar refractivity (Wildman–Crippen MR) is 91.7 cm³/mol. The summed E-state index contributed by atoms with van der Waals surface area (Å²) in [7, 11) is 1.99. The Bertz CT molecular complexity index is 770. The van der Waals surface area contributed by atoms with Gasteiger partial charge in [-0.1, -0.05) is 6.07 Å². The van der Waals surface area contributed by atoms with E-state index in [0.29, 0.717) is 18.8 Å². The average molecular weight is 326 g/mol. The van der Waals surface area contributed by atoms with Crippen LogP contribution in [0.15, 0.2) is 64.7 Å². The number of aromatic nitrogens is 1. The standard InChI is InChI=1S/C18H18N2O2S/c1-19-10-2-5-15(19)13-20(14-17-7-4-12-23-17)18(21)9-8-16-6-3-11-22-16/h2-12H,13-14H2,1H3. The van der Waals surface area contributed by atoms with Crippen molar-refractivity contribution >= 4 is 23.3 Å². The number of furan rings is 1. The van der Waals surface area contributed by atoms with Gasteiger partial charge in [0.2, 0.25) is 5.91 Å². The topological polar surface area (TPSA) is 38.4 Å². The molecule has 118 valence electrons. The van der Waals surface area contributed by atoms with Gasteiger partial charge in [0.1, 0.15) is 5.76 Å². The summed E-state index contributed by atoms with van der Waals surface area (Å²) >= 11 is 1.66. The molecule has 0 saturated heterocycles. The van der Waals surface area contributed by atoms with Crippen molar-refractivity contribution in [3.8, 4) is 0 Å². The Morgan fingerprint density at radius 1 is 1.26 bits per heavy atom. The van der Waals surface area contributed by atoms with Gasteiger partial charge in [-0.05, 0) is 41.8 Å². The van der Waals surface area contributed by atoms with Crippen molar-refractivity contribution in [2.45, 2.75) is 13.1 Å². The molecule has 0 radical (unpaired) electrons. The summed E-state index contributed by atoms with van der Waals surface area (Å²) < 4.78 is 7.27. The minimum atomic E-state index is -0.0315. The lowest BCUT2D eigenvalue weighted by atomic mass is 10.3. The number of nitrogens with zero attached hydrogens (tertiary/aromatic N) is 2. The third-order valence-corrected chi connectivity index (χ3v) is 4.44. The van der Waals surface area contributed by atoms with Crippen molar-refractivity contribution in [3.05, 3.63) is 76.6 Å². The number of hydrogen-bond donors (Lipinski definition) is 0. The lowest BCUT2D eigenvalue weighted by molar-refractivity contribution is -0.127. The number of carbonyl (C=O) groups is 1. The molecular weight excluding hydrogens is 308 g/mol. The van der Waals surface area contributed by atoms with E-state index in [-0.39, 0.29) is 5.91 Å². The van der Waals surface area contributed by atoms with Crippen molar-refractivity contribution in [2.75, 3.05) is 0 Å². The van der Waals surface area contributed by atoms with Crippen LogP contribution in [0, 0.1) is 0 Å². The molecule has 3 aromatic heterocycles. The lowest BCUT2D eigenvalue weighted by Crippen LogP contribution is -2.29. The summed E-state index contributed by atoms with van der Waals surface area (Å²) in [4.78, 5) is 15.6. The van der Waals surface area contributed by atoms with Crippen LogP contribution in [-0.2, 0) is 24.9 Å². The smallest absolute Gasteiger partial charge is 0.247 e. The van der Waals surface area contributed by atoms with Crippen LogP contribution in [0.5, 0.6) is 0 Å². The Morgan fingerprint density at radius 2 is 2.17 bits per heavy atom. The molecule has 0 fully saturated rings. The van der Waals surface area contributed by atoms with Crippen LogP contribution in [-0.4, -0.2) is 15.4 Å². The third kappa shape index (κ3) is 4.02. The number of aryl methyl sites for hydroxylation is 1. The Labute approximate surface area is 139 Å². The predicted octanol–water partition coefficient (Wildman–Crippen LogP) is 3.92. The molecule has 1 amide bonds. The minimum absolute atomic E-state index is 0.0315. The summed E-state index contributed by atoms with van der Waals surface area (Å²) in [6, 6.07) is 11.7. The van der Waals surface area contributed by atoms with Crippen molar-refractivity contribution in [3.63, 3.8) is 0 Å². The van der Waals surface area contributed by atoms with Crippen LogP contribution < -0.4 is 0 Å². The van der Waals surface area contributed by atoms with Crippen LogP contribution in [0.4, 0.5) is 0 Å². The number of hydrogen-bond acceptors (Lipinski definition) is 3. The van der Waals surface area contributed by atoms with E-state index >= 15 is 0 Å². The van der Waals surface area contributed by atoms with Gasteiger partial charge in [0, 0.05) is 29.9 Å². The molecule has 0 aromatic carbocycles. The summed E-state index contributed by atoms with van der Waals surface area (Å²) in [5, 5.41) is 2.03. The molecule has 23 heavy (non-hydrogen) atoms. The molecule has 3 heterocycles. The molecule has 0 unspecified atom stereocenters. The van der Waals surface area contributed by atoms with Crippen LogP contribution in [0.3, 0.4) is 0 Å². The maximum Gasteiger partial charge on any atom is 0.247 e. The largest absolute Gasteiger partial charge is 0.465 e. The Balaban J connectivity index is 1.76. The number of amides is 1. The average Bonchev–Trinajstić information content (AvgIpc) is 3.28. The van der Waals surface area contributed by atoms with Crippen LogP contribution in [0.2, 0.25) is 0 Å². The van der Waals surface area contributed by atoms with Crippen molar-refractivity contribution < 1.29 is 9.21 Å². The molecule has 0 saturated carbocycles. The van der Waals surface area contributed by atoms with Crippen molar-refractivity contribution in [1.29, 1.82) is 0 Å². The summed E-state index contributed by atoms with van der Waals surface area (Å²) in [5.74, 6) is 0.643. The van der Waals surface area contributed by atoms with Gasteiger partial charge in [0.15, 0.2) is 0 Å². The van der Waals surface area contributed by atoms with E-state index in [9.17, 15) is 4.79 Å². The SMILES string of the molecule is Cn1cccc1CN(Cc1cccs1)C(=O)C=Cc1ccco1. The van der Waals surface area contributed by atoms with E-state index in [1.807, 2.05) is 58.4 Å². The van der Waals surface area contributed by atoms with Crippen LogP contribution >= 0.6 is 11.3 Å². The maximum atomic E-state index is 12.6. The molecule has 0 atom stereocenters. The maximum absolute atomic E-state index is 12.6. The van der Waals surface area contributed by atoms with E-state index < -0.39 is 0 Å². The first kappa shape index (κ1) is 15.4. The Kier molecular flexibility index (Phi) is 4.78. The van der Waals surface area contributed by atoms with Gasteiger partial charge >= 0.3 is 0 Å². The monoisotopic (exact) mass is 326 g/mol. The first-order valence-electron chi connectivity index (χ1n) is 7.35. The van der Waals surface area contributed by atoms with Crippen LogP contribution in [0.25, 0.3) is 6.08 Å². The zero-order chi connectivity index (χ0) is 16.1. The zero-order valence-electron chi connectivity index (χ0n) is 12.9. The van der Waals surface area contributed by atoms with Gasteiger partial charge in [-0.2, -0.15) is 0 Å². The van der Waals surface area contributed by atoms with Crippen molar-refractivity contribution in [2.24, 2.45) is 7.05 Å². The second-order valence-electron chi connectivity index (χ2n) is 5.23. The van der Waals surface area contributed by atoms with Crippen LogP contribution in [0.1, 0.15) is 16.3 Å². The van der Waals surface area contributed by atoms with E-state index in [0.717, 1.165) is 5.69 Å². The summed E-state index contributed by atoms with van der Waals surface area (Å²) in [6.07, 6.45) is 6.85. The fourth-order valence-electron chi connectivity index (χ4n) is 2.30. The van der Waals surface area contributed by atoms with Gasteiger partial charge in [0.05, 0.1) is 19.4 Å². The van der Waals surface area contributed by atoms with Gasteiger partial charge < -0.3 is 13.9 Å². The van der Waals surface area contributed by atoms with Gasteiger partial charge in [-0.3, -0.25) is 4.79 Å². The summed E-state index contributed by atoms with van der Waals surface area (Å²) in [6.45, 7) is 1.17. The molecule has 0 N–H and O–H groups in total. The quantitative estimate of drug-likeness (QED) is 0.644. The highest BCUT2D eigenvalue weighted by Crippen LogP contribution is 2.15. The van der Waals surface area contributed by atoms with E-state index in [1.165, 1.54) is 4.88 Å². The van der Waals surface area contributed by atoms with E-state index in [4.69, 9.17) is 4.42 Å². The minimum Gasteiger partial charge on any atom is -0.465 e.